The van der Waals surface area contributed by atoms with E-state index in [1.807, 2.05) is 0 Å². The second-order valence-electron chi connectivity index (χ2n) is 7.31. The van der Waals surface area contributed by atoms with Gasteiger partial charge >= 0.3 is 0 Å². The summed E-state index contributed by atoms with van der Waals surface area (Å²) in [7, 11) is 1.56. The monoisotopic (exact) mass is 409 g/mol. The topological polar surface area (TPSA) is 87.7 Å². The lowest BCUT2D eigenvalue weighted by molar-refractivity contribution is -0.133. The van der Waals surface area contributed by atoms with Gasteiger partial charge in [-0.25, -0.2) is 0 Å². The molecule has 1 unspecified atom stereocenters. The first-order valence-electron chi connectivity index (χ1n) is 10.1. The molecular weight excluding hydrogens is 382 g/mol. The lowest BCUT2D eigenvalue weighted by Crippen LogP contribution is -2.48. The van der Waals surface area contributed by atoms with Gasteiger partial charge in [-0.2, -0.15) is 0 Å². The summed E-state index contributed by atoms with van der Waals surface area (Å²) in [5.74, 6) is -0.171. The molecule has 7 nitrogen and oxygen atoms in total. The van der Waals surface area contributed by atoms with Gasteiger partial charge in [0.15, 0.2) is 0 Å². The van der Waals surface area contributed by atoms with Crippen LogP contribution in [0.2, 0.25) is 0 Å². The number of carbonyl (C=O) groups is 3. The molecule has 0 aliphatic carbocycles. The van der Waals surface area contributed by atoms with Crippen molar-refractivity contribution in [1.82, 2.24) is 10.2 Å². The fourth-order valence-electron chi connectivity index (χ4n) is 3.45. The number of hydrogen-bond acceptors (Lipinski definition) is 4. The summed E-state index contributed by atoms with van der Waals surface area (Å²) in [6, 6.07) is 12.8. The van der Waals surface area contributed by atoms with E-state index in [0.717, 1.165) is 32.4 Å². The first kappa shape index (κ1) is 21.4. The molecule has 0 bridgehead atoms. The van der Waals surface area contributed by atoms with E-state index in [1.54, 1.807) is 67.5 Å². The number of likely N-dealkylation sites (tertiary alicyclic amines) is 1. The van der Waals surface area contributed by atoms with Gasteiger partial charge in [-0.05, 0) is 62.6 Å². The number of rotatable bonds is 6. The van der Waals surface area contributed by atoms with E-state index >= 15 is 0 Å². The lowest BCUT2D eigenvalue weighted by Gasteiger charge is -2.29. The average molecular weight is 409 g/mol. The first-order valence-corrected chi connectivity index (χ1v) is 10.1. The summed E-state index contributed by atoms with van der Waals surface area (Å²) >= 11 is 0. The fourth-order valence-corrected chi connectivity index (χ4v) is 3.45. The van der Waals surface area contributed by atoms with E-state index in [2.05, 4.69) is 10.6 Å². The minimum Gasteiger partial charge on any atom is -0.497 e. The normalized spacial score (nSPS) is 14.5. The van der Waals surface area contributed by atoms with Crippen molar-refractivity contribution in [3.05, 3.63) is 59.7 Å². The van der Waals surface area contributed by atoms with Crippen LogP contribution in [-0.4, -0.2) is 48.9 Å². The molecule has 0 saturated carbocycles. The molecule has 158 valence electrons. The third-order valence-corrected chi connectivity index (χ3v) is 5.16. The second kappa shape index (κ2) is 9.91. The molecule has 3 rings (SSSR count). The fraction of sp³-hybridized carbons (Fsp3) is 0.348. The van der Waals surface area contributed by atoms with Gasteiger partial charge in [0.25, 0.3) is 11.8 Å². The Bertz CT molecular complexity index is 905. The summed E-state index contributed by atoms with van der Waals surface area (Å²) in [6.45, 7) is 3.15. The van der Waals surface area contributed by atoms with E-state index < -0.39 is 11.9 Å². The number of nitrogens with zero attached hydrogens (tertiary/aromatic N) is 1. The van der Waals surface area contributed by atoms with Crippen molar-refractivity contribution in [1.29, 1.82) is 0 Å². The van der Waals surface area contributed by atoms with Crippen LogP contribution >= 0.6 is 0 Å². The molecule has 1 atom stereocenters. The number of hydrogen-bond donors (Lipinski definition) is 2. The Hall–Kier alpha value is -3.35. The van der Waals surface area contributed by atoms with Crippen molar-refractivity contribution in [3.63, 3.8) is 0 Å². The number of nitrogens with one attached hydrogen (secondary N) is 2. The predicted octanol–water partition coefficient (Wildman–Crippen LogP) is 3.08. The van der Waals surface area contributed by atoms with Gasteiger partial charge in [0.05, 0.1) is 18.4 Å². The highest BCUT2D eigenvalue weighted by atomic mass is 16.5. The van der Waals surface area contributed by atoms with Crippen molar-refractivity contribution < 1.29 is 19.1 Å². The predicted molar refractivity (Wildman–Crippen MR) is 115 cm³/mol. The summed E-state index contributed by atoms with van der Waals surface area (Å²) in [4.78, 5) is 39.8. The maximum Gasteiger partial charge on any atom is 0.255 e. The number of anilines is 1. The van der Waals surface area contributed by atoms with E-state index in [-0.39, 0.29) is 11.8 Å². The molecule has 2 N–H and O–H groups in total. The third kappa shape index (κ3) is 5.17. The smallest absolute Gasteiger partial charge is 0.255 e. The summed E-state index contributed by atoms with van der Waals surface area (Å²) in [5.41, 5.74) is 1.13. The lowest BCUT2D eigenvalue weighted by atomic mass is 10.1. The highest BCUT2D eigenvalue weighted by molar-refractivity contribution is 6.09. The minimum atomic E-state index is -0.638. The number of amides is 3. The molecule has 0 radical (unpaired) electrons. The van der Waals surface area contributed by atoms with Gasteiger partial charge in [-0.3, -0.25) is 14.4 Å². The van der Waals surface area contributed by atoms with Crippen LogP contribution in [0, 0.1) is 0 Å². The maximum atomic E-state index is 12.8. The van der Waals surface area contributed by atoms with Crippen molar-refractivity contribution >= 4 is 23.4 Å². The molecule has 3 amide bonds. The molecule has 2 aromatic carbocycles. The molecule has 1 saturated heterocycles. The quantitative estimate of drug-likeness (QED) is 0.768. The Kier molecular flexibility index (Phi) is 7.06. The van der Waals surface area contributed by atoms with Crippen molar-refractivity contribution in [2.24, 2.45) is 0 Å². The van der Waals surface area contributed by atoms with Gasteiger partial charge in [-0.15, -0.1) is 0 Å². The van der Waals surface area contributed by atoms with Gasteiger partial charge in [0.2, 0.25) is 5.91 Å². The molecule has 1 aliphatic heterocycles. The van der Waals surface area contributed by atoms with Crippen molar-refractivity contribution in [3.8, 4) is 5.75 Å². The number of carbonyl (C=O) groups excluding carboxylic acids is 3. The van der Waals surface area contributed by atoms with Crippen molar-refractivity contribution in [2.75, 3.05) is 25.5 Å². The van der Waals surface area contributed by atoms with Crippen LogP contribution in [0.3, 0.4) is 0 Å². The number of piperidine rings is 1. The molecule has 7 heteroatoms. The zero-order chi connectivity index (χ0) is 21.5. The molecular formula is C23H27N3O4. The van der Waals surface area contributed by atoms with Crippen LogP contribution in [0.15, 0.2) is 48.5 Å². The van der Waals surface area contributed by atoms with E-state index in [4.69, 9.17) is 4.74 Å². The third-order valence-electron chi connectivity index (χ3n) is 5.16. The van der Waals surface area contributed by atoms with Gasteiger partial charge < -0.3 is 20.3 Å². The van der Waals surface area contributed by atoms with Crippen molar-refractivity contribution in [2.45, 2.75) is 32.2 Å². The highest BCUT2D eigenvalue weighted by Crippen LogP contribution is 2.18. The summed E-state index contributed by atoms with van der Waals surface area (Å²) < 4.78 is 5.10. The first-order chi connectivity index (χ1) is 14.5. The Morgan fingerprint density at radius 1 is 0.933 bits per heavy atom. The zero-order valence-electron chi connectivity index (χ0n) is 17.3. The summed E-state index contributed by atoms with van der Waals surface area (Å²) in [5, 5.41) is 5.54. The SMILES string of the molecule is COc1ccc(C(=O)Nc2ccccc2C(=O)NC(C)C(=O)N2CCCCC2)cc1. The van der Waals surface area contributed by atoms with Crippen LogP contribution in [0.1, 0.15) is 46.9 Å². The number of ether oxygens (including phenoxy) is 1. The van der Waals surface area contributed by atoms with Crippen LogP contribution < -0.4 is 15.4 Å². The van der Waals surface area contributed by atoms with Gasteiger partial charge in [-0.1, -0.05) is 12.1 Å². The molecule has 1 fully saturated rings. The van der Waals surface area contributed by atoms with Crippen LogP contribution in [0.4, 0.5) is 5.69 Å². The Balaban J connectivity index is 1.68. The molecule has 30 heavy (non-hydrogen) atoms. The van der Waals surface area contributed by atoms with Crippen LogP contribution in [0.5, 0.6) is 5.75 Å². The van der Waals surface area contributed by atoms with Crippen LogP contribution in [-0.2, 0) is 4.79 Å². The number of methoxy groups -OCH3 is 1. The molecule has 0 aromatic heterocycles. The molecule has 0 spiro atoms. The van der Waals surface area contributed by atoms with Crippen LogP contribution in [0.25, 0.3) is 0 Å². The Morgan fingerprint density at radius 3 is 2.27 bits per heavy atom. The van der Waals surface area contributed by atoms with E-state index in [0.29, 0.717) is 22.6 Å². The zero-order valence-corrected chi connectivity index (χ0v) is 17.3. The number of para-hydroxylation sites is 1. The standard InChI is InChI=1S/C23H27N3O4/c1-16(23(29)26-14-6-3-7-15-26)24-22(28)19-8-4-5-9-20(19)25-21(27)17-10-12-18(30-2)13-11-17/h4-5,8-13,16H,3,6-7,14-15H2,1-2H3,(H,24,28)(H,25,27). The maximum absolute atomic E-state index is 12.8. The molecule has 1 aliphatic rings. The molecule has 2 aromatic rings. The van der Waals surface area contributed by atoms with Gasteiger partial charge in [0, 0.05) is 18.7 Å². The average Bonchev–Trinajstić information content (AvgIpc) is 2.79. The number of benzene rings is 2. The molecule has 1 heterocycles. The van der Waals surface area contributed by atoms with E-state index in [1.165, 1.54) is 0 Å². The van der Waals surface area contributed by atoms with Gasteiger partial charge in [0.1, 0.15) is 11.8 Å². The Labute approximate surface area is 176 Å². The largest absolute Gasteiger partial charge is 0.497 e. The highest BCUT2D eigenvalue weighted by Gasteiger charge is 2.24. The second-order valence-corrected chi connectivity index (χ2v) is 7.31. The minimum absolute atomic E-state index is 0.0807. The van der Waals surface area contributed by atoms with E-state index in [9.17, 15) is 14.4 Å². The Morgan fingerprint density at radius 2 is 1.60 bits per heavy atom. The summed E-state index contributed by atoms with van der Waals surface area (Å²) in [6.07, 6.45) is 3.12.